The van der Waals surface area contributed by atoms with Gasteiger partial charge in [0.2, 0.25) is 0 Å². The van der Waals surface area contributed by atoms with Gasteiger partial charge in [-0.05, 0) is 49.9 Å². The molecule has 17 heavy (non-hydrogen) atoms. The van der Waals surface area contributed by atoms with Gasteiger partial charge in [0, 0.05) is 18.4 Å². The minimum absolute atomic E-state index is 0.476. The molecule has 1 aliphatic carbocycles. The molecule has 0 radical (unpaired) electrons. The maximum Gasteiger partial charge on any atom is 0.0335 e. The van der Waals surface area contributed by atoms with Gasteiger partial charge in [0.05, 0.1) is 0 Å². The Balaban J connectivity index is 1.94. The molecule has 1 fully saturated rings. The molecule has 2 heteroatoms. The van der Waals surface area contributed by atoms with Crippen LogP contribution in [0, 0.1) is 12.8 Å². The largest absolute Gasteiger partial charge is 0.313 e. The normalized spacial score (nSPS) is 18.5. The summed E-state index contributed by atoms with van der Waals surface area (Å²) < 4.78 is 0. The minimum Gasteiger partial charge on any atom is -0.313 e. The zero-order valence-electron chi connectivity index (χ0n) is 11.1. The molecule has 1 saturated carbocycles. The van der Waals surface area contributed by atoms with Crippen molar-refractivity contribution in [2.75, 3.05) is 7.05 Å². The number of aromatic nitrogens is 1. The van der Waals surface area contributed by atoms with Crippen molar-refractivity contribution in [3.63, 3.8) is 0 Å². The summed E-state index contributed by atoms with van der Waals surface area (Å²) in [7, 11) is 2.06. The summed E-state index contributed by atoms with van der Waals surface area (Å²) in [4.78, 5) is 4.25. The highest BCUT2D eigenvalue weighted by molar-refractivity contribution is 5.24. The maximum atomic E-state index is 4.25. The van der Waals surface area contributed by atoms with Crippen molar-refractivity contribution in [3.8, 4) is 0 Å². The second kappa shape index (κ2) is 6.15. The minimum atomic E-state index is 0.476. The number of rotatable bonds is 5. The van der Waals surface area contributed by atoms with Gasteiger partial charge in [0.15, 0.2) is 0 Å². The molecule has 2 rings (SSSR count). The number of nitrogens with zero attached hydrogens (tertiary/aromatic N) is 1. The number of pyridine rings is 1. The molecule has 1 aromatic heterocycles. The van der Waals surface area contributed by atoms with Crippen molar-refractivity contribution < 1.29 is 0 Å². The van der Waals surface area contributed by atoms with Crippen molar-refractivity contribution >= 4 is 0 Å². The van der Waals surface area contributed by atoms with Gasteiger partial charge in [-0.25, -0.2) is 0 Å². The number of hydrogen-bond acceptors (Lipinski definition) is 2. The van der Waals surface area contributed by atoms with E-state index < -0.39 is 0 Å². The SMILES string of the molecule is CNC(CCC1CCCC1)c1cnccc1C. The molecule has 0 aromatic carbocycles. The molecule has 1 N–H and O–H groups in total. The van der Waals surface area contributed by atoms with Crippen molar-refractivity contribution in [1.29, 1.82) is 0 Å². The Hall–Kier alpha value is -0.890. The zero-order valence-corrected chi connectivity index (χ0v) is 11.1. The Kier molecular flexibility index (Phi) is 4.55. The topological polar surface area (TPSA) is 24.9 Å². The average molecular weight is 232 g/mol. The Morgan fingerprint density at radius 2 is 2.18 bits per heavy atom. The molecule has 1 unspecified atom stereocenters. The van der Waals surface area contributed by atoms with E-state index in [9.17, 15) is 0 Å². The van der Waals surface area contributed by atoms with E-state index >= 15 is 0 Å². The Bertz CT molecular complexity index is 343. The van der Waals surface area contributed by atoms with E-state index in [1.165, 1.54) is 49.7 Å². The highest BCUT2D eigenvalue weighted by Gasteiger charge is 2.18. The molecule has 1 atom stereocenters. The van der Waals surface area contributed by atoms with E-state index in [1.807, 2.05) is 12.4 Å². The summed E-state index contributed by atoms with van der Waals surface area (Å²) in [5, 5.41) is 3.44. The van der Waals surface area contributed by atoms with E-state index in [1.54, 1.807) is 0 Å². The first-order chi connectivity index (χ1) is 8.31. The summed E-state index contributed by atoms with van der Waals surface area (Å²) in [6.07, 6.45) is 12.3. The van der Waals surface area contributed by atoms with Crippen LogP contribution in [0.3, 0.4) is 0 Å². The fourth-order valence-electron chi connectivity index (χ4n) is 3.00. The van der Waals surface area contributed by atoms with E-state index in [0.717, 1.165) is 5.92 Å². The van der Waals surface area contributed by atoms with Crippen LogP contribution in [0.4, 0.5) is 0 Å². The number of hydrogen-bond donors (Lipinski definition) is 1. The Labute approximate surface area is 105 Å². The molecule has 0 spiro atoms. The number of aryl methyl sites for hydroxylation is 1. The van der Waals surface area contributed by atoms with Crippen LogP contribution in [0.1, 0.15) is 55.7 Å². The summed E-state index contributed by atoms with van der Waals surface area (Å²) in [5.74, 6) is 0.975. The van der Waals surface area contributed by atoms with Crippen molar-refractivity contribution in [1.82, 2.24) is 10.3 Å². The third-order valence-electron chi connectivity index (χ3n) is 4.14. The van der Waals surface area contributed by atoms with Crippen LogP contribution in [0.5, 0.6) is 0 Å². The predicted octanol–water partition coefficient (Wildman–Crippen LogP) is 3.62. The fourth-order valence-corrected chi connectivity index (χ4v) is 3.00. The van der Waals surface area contributed by atoms with Gasteiger partial charge in [0.25, 0.3) is 0 Å². The van der Waals surface area contributed by atoms with Crippen LogP contribution in [0.2, 0.25) is 0 Å². The van der Waals surface area contributed by atoms with Crippen molar-refractivity contribution in [2.45, 2.75) is 51.5 Å². The number of nitrogens with one attached hydrogen (secondary N) is 1. The third-order valence-corrected chi connectivity index (χ3v) is 4.14. The van der Waals surface area contributed by atoms with Gasteiger partial charge in [-0.3, -0.25) is 4.98 Å². The molecule has 1 heterocycles. The first-order valence-corrected chi connectivity index (χ1v) is 6.89. The lowest BCUT2D eigenvalue weighted by Crippen LogP contribution is -2.18. The second-order valence-corrected chi connectivity index (χ2v) is 5.30. The monoisotopic (exact) mass is 232 g/mol. The zero-order chi connectivity index (χ0) is 12.1. The van der Waals surface area contributed by atoms with E-state index in [4.69, 9.17) is 0 Å². The lowest BCUT2D eigenvalue weighted by Gasteiger charge is -2.20. The van der Waals surface area contributed by atoms with E-state index in [-0.39, 0.29) is 0 Å². The van der Waals surface area contributed by atoms with Gasteiger partial charge in [-0.1, -0.05) is 25.7 Å². The van der Waals surface area contributed by atoms with Gasteiger partial charge in [-0.15, -0.1) is 0 Å². The Morgan fingerprint density at radius 1 is 1.41 bits per heavy atom. The molecule has 1 aromatic rings. The van der Waals surface area contributed by atoms with Gasteiger partial charge < -0.3 is 5.32 Å². The second-order valence-electron chi connectivity index (χ2n) is 5.30. The van der Waals surface area contributed by atoms with Crippen molar-refractivity contribution in [2.24, 2.45) is 5.92 Å². The molecule has 0 aliphatic heterocycles. The van der Waals surface area contributed by atoms with Crippen molar-refractivity contribution in [3.05, 3.63) is 29.6 Å². The maximum absolute atomic E-state index is 4.25. The molecule has 0 amide bonds. The summed E-state index contributed by atoms with van der Waals surface area (Å²) >= 11 is 0. The average Bonchev–Trinajstić information content (AvgIpc) is 2.85. The first-order valence-electron chi connectivity index (χ1n) is 6.89. The highest BCUT2D eigenvalue weighted by Crippen LogP contribution is 2.31. The van der Waals surface area contributed by atoms with Crippen LogP contribution in [0.25, 0.3) is 0 Å². The summed E-state index contributed by atoms with van der Waals surface area (Å²) in [5.41, 5.74) is 2.72. The summed E-state index contributed by atoms with van der Waals surface area (Å²) in [6.45, 7) is 2.18. The quantitative estimate of drug-likeness (QED) is 0.838. The van der Waals surface area contributed by atoms with Crippen LogP contribution < -0.4 is 5.32 Å². The van der Waals surface area contributed by atoms with Crippen LogP contribution >= 0.6 is 0 Å². The van der Waals surface area contributed by atoms with Gasteiger partial charge in [0.1, 0.15) is 0 Å². The first kappa shape index (κ1) is 12.6. The Morgan fingerprint density at radius 3 is 2.82 bits per heavy atom. The lowest BCUT2D eigenvalue weighted by atomic mass is 9.94. The molecular formula is C15H24N2. The van der Waals surface area contributed by atoms with Gasteiger partial charge in [-0.2, -0.15) is 0 Å². The van der Waals surface area contributed by atoms with E-state index in [0.29, 0.717) is 6.04 Å². The molecular weight excluding hydrogens is 208 g/mol. The van der Waals surface area contributed by atoms with Gasteiger partial charge >= 0.3 is 0 Å². The highest BCUT2D eigenvalue weighted by atomic mass is 14.9. The molecule has 1 aliphatic rings. The van der Waals surface area contributed by atoms with Crippen LogP contribution in [-0.4, -0.2) is 12.0 Å². The molecule has 2 nitrogen and oxygen atoms in total. The third kappa shape index (κ3) is 3.29. The standard InChI is InChI=1S/C15H24N2/c1-12-9-10-17-11-14(12)15(16-2)8-7-13-5-3-4-6-13/h9-11,13,15-16H,3-8H2,1-2H3. The van der Waals surface area contributed by atoms with E-state index in [2.05, 4.69) is 30.3 Å². The lowest BCUT2D eigenvalue weighted by molar-refractivity contribution is 0.426. The fraction of sp³-hybridized carbons (Fsp3) is 0.667. The molecule has 0 saturated heterocycles. The molecule has 94 valence electrons. The molecule has 0 bridgehead atoms. The predicted molar refractivity (Wildman–Crippen MR) is 72.0 cm³/mol. The van der Waals surface area contributed by atoms with Crippen LogP contribution in [0.15, 0.2) is 18.5 Å². The summed E-state index contributed by atoms with van der Waals surface area (Å²) in [6, 6.07) is 2.58. The smallest absolute Gasteiger partial charge is 0.0335 e. The van der Waals surface area contributed by atoms with Crippen LogP contribution in [-0.2, 0) is 0 Å².